The van der Waals surface area contributed by atoms with Crippen LogP contribution in [0.2, 0.25) is 0 Å². The van der Waals surface area contributed by atoms with Crippen LogP contribution in [-0.4, -0.2) is 32.5 Å². The molecule has 0 aliphatic heterocycles. The SMILES string of the molecule is Cc1scc(-c2nnc(SCC(=O)NC3CCCC3)n2C)c1C. The predicted octanol–water partition coefficient (Wildman–Crippen LogP) is 3.31. The van der Waals surface area contributed by atoms with Crippen LogP contribution in [-0.2, 0) is 11.8 Å². The van der Waals surface area contributed by atoms with Crippen LogP contribution in [0.4, 0.5) is 0 Å². The summed E-state index contributed by atoms with van der Waals surface area (Å²) in [6.07, 6.45) is 4.68. The maximum atomic E-state index is 12.0. The molecular formula is C16H22N4OS2. The van der Waals surface area contributed by atoms with Gasteiger partial charge in [-0.2, -0.15) is 0 Å². The van der Waals surface area contributed by atoms with Gasteiger partial charge in [-0.05, 0) is 32.3 Å². The molecule has 0 atom stereocenters. The zero-order chi connectivity index (χ0) is 16.4. The second-order valence-electron chi connectivity index (χ2n) is 6.03. The van der Waals surface area contributed by atoms with Crippen molar-refractivity contribution in [2.75, 3.05) is 5.75 Å². The van der Waals surface area contributed by atoms with E-state index < -0.39 is 0 Å². The number of hydrogen-bond donors (Lipinski definition) is 1. The van der Waals surface area contributed by atoms with Crippen molar-refractivity contribution in [1.82, 2.24) is 20.1 Å². The highest BCUT2D eigenvalue weighted by atomic mass is 32.2. The summed E-state index contributed by atoms with van der Waals surface area (Å²) in [6, 6.07) is 0.370. The highest BCUT2D eigenvalue weighted by Gasteiger charge is 2.19. The maximum absolute atomic E-state index is 12.0. The van der Waals surface area contributed by atoms with E-state index >= 15 is 0 Å². The van der Waals surface area contributed by atoms with Crippen molar-refractivity contribution in [2.45, 2.75) is 50.7 Å². The summed E-state index contributed by atoms with van der Waals surface area (Å²) in [5, 5.41) is 14.6. The Balaban J connectivity index is 1.63. The normalized spacial score (nSPS) is 15.3. The number of carbonyl (C=O) groups excluding carboxylic acids is 1. The van der Waals surface area contributed by atoms with Gasteiger partial charge < -0.3 is 9.88 Å². The Morgan fingerprint density at radius 2 is 2.13 bits per heavy atom. The van der Waals surface area contributed by atoms with Gasteiger partial charge in [0.1, 0.15) is 0 Å². The van der Waals surface area contributed by atoms with Crippen molar-refractivity contribution >= 4 is 29.0 Å². The lowest BCUT2D eigenvalue weighted by atomic mass is 10.2. The number of thiophene rings is 1. The summed E-state index contributed by atoms with van der Waals surface area (Å²) in [5.41, 5.74) is 2.38. The molecule has 1 amide bonds. The van der Waals surface area contributed by atoms with Crippen molar-refractivity contribution < 1.29 is 4.79 Å². The van der Waals surface area contributed by atoms with Crippen LogP contribution in [0.25, 0.3) is 11.4 Å². The van der Waals surface area contributed by atoms with Gasteiger partial charge in [0, 0.05) is 28.9 Å². The molecule has 5 nitrogen and oxygen atoms in total. The second-order valence-corrected chi connectivity index (χ2v) is 8.06. The topological polar surface area (TPSA) is 59.8 Å². The summed E-state index contributed by atoms with van der Waals surface area (Å²) in [6.45, 7) is 4.22. The third-order valence-electron chi connectivity index (χ3n) is 4.41. The molecule has 0 unspecified atom stereocenters. The molecular weight excluding hydrogens is 328 g/mol. The molecule has 0 spiro atoms. The minimum absolute atomic E-state index is 0.0917. The lowest BCUT2D eigenvalue weighted by molar-refractivity contribution is -0.119. The minimum Gasteiger partial charge on any atom is -0.353 e. The first-order valence-corrected chi connectivity index (χ1v) is 9.79. The van der Waals surface area contributed by atoms with Crippen molar-refractivity contribution in [1.29, 1.82) is 0 Å². The van der Waals surface area contributed by atoms with E-state index in [-0.39, 0.29) is 5.91 Å². The van der Waals surface area contributed by atoms with E-state index in [2.05, 4.69) is 34.7 Å². The van der Waals surface area contributed by atoms with Crippen LogP contribution in [0.3, 0.4) is 0 Å². The Bertz CT molecular complexity index is 701. The highest BCUT2D eigenvalue weighted by Crippen LogP contribution is 2.30. The number of carbonyl (C=O) groups is 1. The molecule has 1 aliphatic rings. The quantitative estimate of drug-likeness (QED) is 0.841. The Hall–Kier alpha value is -1.34. The maximum Gasteiger partial charge on any atom is 0.230 e. The molecule has 1 fully saturated rings. The van der Waals surface area contributed by atoms with Crippen LogP contribution in [0, 0.1) is 13.8 Å². The molecule has 1 N–H and O–H groups in total. The monoisotopic (exact) mass is 350 g/mol. The highest BCUT2D eigenvalue weighted by molar-refractivity contribution is 7.99. The molecule has 7 heteroatoms. The number of hydrogen-bond acceptors (Lipinski definition) is 5. The van der Waals surface area contributed by atoms with Gasteiger partial charge in [-0.15, -0.1) is 21.5 Å². The largest absolute Gasteiger partial charge is 0.353 e. The van der Waals surface area contributed by atoms with Crippen molar-refractivity contribution in [2.24, 2.45) is 7.05 Å². The van der Waals surface area contributed by atoms with Crippen LogP contribution < -0.4 is 5.32 Å². The molecule has 1 aliphatic carbocycles. The van der Waals surface area contributed by atoms with Gasteiger partial charge in [0.25, 0.3) is 0 Å². The molecule has 0 aromatic carbocycles. The molecule has 2 heterocycles. The summed E-state index contributed by atoms with van der Waals surface area (Å²) in [4.78, 5) is 13.3. The van der Waals surface area contributed by atoms with Gasteiger partial charge in [-0.1, -0.05) is 24.6 Å². The van der Waals surface area contributed by atoms with Gasteiger partial charge in [-0.3, -0.25) is 4.79 Å². The lowest BCUT2D eigenvalue weighted by Crippen LogP contribution is -2.33. The first-order chi connectivity index (χ1) is 11.1. The van der Waals surface area contributed by atoms with Crippen molar-refractivity contribution in [3.8, 4) is 11.4 Å². The zero-order valence-electron chi connectivity index (χ0n) is 13.8. The molecule has 0 bridgehead atoms. The standard InChI is InChI=1S/C16H22N4OS2/c1-10-11(2)22-8-13(10)15-18-19-16(20(15)3)23-9-14(21)17-12-6-4-5-7-12/h8,12H,4-7,9H2,1-3H3,(H,17,21). The van der Waals surface area contributed by atoms with Crippen molar-refractivity contribution in [3.63, 3.8) is 0 Å². The van der Waals surface area contributed by atoms with Crippen LogP contribution in [0.5, 0.6) is 0 Å². The smallest absolute Gasteiger partial charge is 0.230 e. The fourth-order valence-electron chi connectivity index (χ4n) is 2.88. The number of aryl methyl sites for hydroxylation is 1. The van der Waals surface area contributed by atoms with Gasteiger partial charge in [0.2, 0.25) is 5.91 Å². The van der Waals surface area contributed by atoms with Gasteiger partial charge in [-0.25, -0.2) is 0 Å². The van der Waals surface area contributed by atoms with Gasteiger partial charge in [0.15, 0.2) is 11.0 Å². The second kappa shape index (κ2) is 7.05. The predicted molar refractivity (Wildman–Crippen MR) is 94.9 cm³/mol. The molecule has 2 aromatic rings. The Morgan fingerprint density at radius 1 is 1.39 bits per heavy atom. The summed E-state index contributed by atoms with van der Waals surface area (Å²) >= 11 is 3.18. The molecule has 3 rings (SSSR count). The van der Waals surface area contributed by atoms with Crippen molar-refractivity contribution in [3.05, 3.63) is 15.8 Å². The number of amides is 1. The van der Waals surface area contributed by atoms with E-state index in [0.717, 1.165) is 29.4 Å². The van der Waals surface area contributed by atoms with E-state index in [0.29, 0.717) is 11.8 Å². The molecule has 0 radical (unpaired) electrons. The number of aromatic nitrogens is 3. The Labute approximate surface area is 144 Å². The molecule has 23 heavy (non-hydrogen) atoms. The number of nitrogens with one attached hydrogen (secondary N) is 1. The average molecular weight is 351 g/mol. The number of rotatable bonds is 5. The number of thioether (sulfide) groups is 1. The summed E-state index contributed by atoms with van der Waals surface area (Å²) < 4.78 is 1.97. The van der Waals surface area contributed by atoms with E-state index in [1.165, 1.54) is 35.0 Å². The summed E-state index contributed by atoms with van der Waals surface area (Å²) in [5.74, 6) is 1.35. The summed E-state index contributed by atoms with van der Waals surface area (Å²) in [7, 11) is 1.96. The third-order valence-corrected chi connectivity index (χ3v) is 6.45. The Morgan fingerprint density at radius 3 is 2.78 bits per heavy atom. The van der Waals surface area contributed by atoms with E-state index in [4.69, 9.17) is 0 Å². The fraction of sp³-hybridized carbons (Fsp3) is 0.562. The lowest BCUT2D eigenvalue weighted by Gasteiger charge is -2.11. The minimum atomic E-state index is 0.0917. The number of nitrogens with zero attached hydrogens (tertiary/aromatic N) is 3. The fourth-order valence-corrected chi connectivity index (χ4v) is 4.46. The van der Waals surface area contributed by atoms with E-state index in [1.54, 1.807) is 11.3 Å². The molecule has 0 saturated heterocycles. The van der Waals surface area contributed by atoms with E-state index in [1.807, 2.05) is 11.6 Å². The van der Waals surface area contributed by atoms with Crippen LogP contribution >= 0.6 is 23.1 Å². The van der Waals surface area contributed by atoms with Crippen LogP contribution in [0.15, 0.2) is 10.5 Å². The average Bonchev–Trinajstić information content (AvgIpc) is 3.22. The van der Waals surface area contributed by atoms with Crippen LogP contribution in [0.1, 0.15) is 36.1 Å². The van der Waals surface area contributed by atoms with E-state index in [9.17, 15) is 4.79 Å². The Kier molecular flexibility index (Phi) is 5.06. The van der Waals surface area contributed by atoms with Gasteiger partial charge >= 0.3 is 0 Å². The zero-order valence-corrected chi connectivity index (χ0v) is 15.4. The molecule has 124 valence electrons. The molecule has 1 saturated carbocycles. The van der Waals surface area contributed by atoms with Gasteiger partial charge in [0.05, 0.1) is 5.75 Å². The third kappa shape index (κ3) is 3.61. The molecule has 2 aromatic heterocycles. The first kappa shape index (κ1) is 16.5. The first-order valence-electron chi connectivity index (χ1n) is 7.93.